The molecule has 0 amide bonds. The lowest BCUT2D eigenvalue weighted by atomic mass is 10.2. The van der Waals surface area contributed by atoms with Gasteiger partial charge in [0.2, 0.25) is 0 Å². The Labute approximate surface area is 88.3 Å². The van der Waals surface area contributed by atoms with E-state index in [9.17, 15) is 0 Å². The first-order valence-electron chi connectivity index (χ1n) is 5.30. The van der Waals surface area contributed by atoms with Crippen molar-refractivity contribution in [1.29, 1.82) is 0 Å². The number of nitrogens with zero attached hydrogens (tertiary/aromatic N) is 2. The van der Waals surface area contributed by atoms with E-state index in [1.54, 1.807) is 0 Å². The minimum atomic E-state index is 0.548. The predicted octanol–water partition coefficient (Wildman–Crippen LogP) is 1.69. The van der Waals surface area contributed by atoms with Crippen molar-refractivity contribution in [2.24, 2.45) is 11.7 Å². The largest absolute Gasteiger partial charge is 0.330 e. The van der Waals surface area contributed by atoms with Crippen molar-refractivity contribution in [3.63, 3.8) is 0 Å². The molecular weight excluding hydrogens is 186 g/mol. The number of hydrogen-bond acceptors (Lipinski definition) is 3. The Morgan fingerprint density at radius 2 is 2.07 bits per heavy atom. The van der Waals surface area contributed by atoms with Crippen molar-refractivity contribution < 1.29 is 0 Å². The van der Waals surface area contributed by atoms with E-state index < -0.39 is 0 Å². The lowest BCUT2D eigenvalue weighted by molar-refractivity contribution is 0.797. The molecule has 1 aromatic carbocycles. The van der Waals surface area contributed by atoms with E-state index in [-0.39, 0.29) is 0 Å². The van der Waals surface area contributed by atoms with Gasteiger partial charge >= 0.3 is 0 Å². The monoisotopic (exact) mass is 199 g/mol. The Hall–Kier alpha value is -1.48. The number of nitrogens with two attached hydrogens (primary N) is 1. The van der Waals surface area contributed by atoms with E-state index >= 15 is 0 Å². The molecule has 2 atom stereocenters. The Morgan fingerprint density at radius 3 is 2.80 bits per heavy atom. The van der Waals surface area contributed by atoms with E-state index in [1.165, 1.54) is 6.42 Å². The van der Waals surface area contributed by atoms with Crippen LogP contribution in [0.3, 0.4) is 0 Å². The third-order valence-electron chi connectivity index (χ3n) is 3.07. The van der Waals surface area contributed by atoms with Gasteiger partial charge in [0.15, 0.2) is 0 Å². The molecule has 0 spiro atoms. The molecule has 1 aliphatic carbocycles. The predicted molar refractivity (Wildman–Crippen MR) is 59.4 cm³/mol. The number of benzene rings is 1. The summed E-state index contributed by atoms with van der Waals surface area (Å²) in [6, 6.07) is 7.97. The summed E-state index contributed by atoms with van der Waals surface area (Å²) in [7, 11) is 0. The number of hydrogen-bond donors (Lipinski definition) is 1. The highest BCUT2D eigenvalue weighted by Crippen LogP contribution is 2.45. The zero-order chi connectivity index (χ0) is 10.3. The smallest absolute Gasteiger partial charge is 0.0890 e. The zero-order valence-corrected chi connectivity index (χ0v) is 8.43. The molecule has 1 aliphatic rings. The summed E-state index contributed by atoms with van der Waals surface area (Å²) in [6.07, 6.45) is 3.06. The van der Waals surface area contributed by atoms with Gasteiger partial charge in [-0.25, -0.2) is 4.98 Å². The fourth-order valence-corrected chi connectivity index (χ4v) is 2.02. The number of aromatic nitrogens is 2. The fraction of sp³-hybridized carbons (Fsp3) is 0.333. The Balaban J connectivity index is 2.00. The molecule has 2 N–H and O–H groups in total. The topological polar surface area (TPSA) is 51.8 Å². The van der Waals surface area contributed by atoms with Crippen molar-refractivity contribution in [3.8, 4) is 0 Å². The van der Waals surface area contributed by atoms with Gasteiger partial charge in [0.1, 0.15) is 0 Å². The molecule has 1 fully saturated rings. The van der Waals surface area contributed by atoms with E-state index in [4.69, 9.17) is 5.73 Å². The van der Waals surface area contributed by atoms with Crippen molar-refractivity contribution in [2.45, 2.75) is 12.3 Å². The third kappa shape index (κ3) is 1.49. The molecule has 2 aromatic rings. The molecule has 1 aromatic heterocycles. The van der Waals surface area contributed by atoms with Gasteiger partial charge < -0.3 is 5.73 Å². The van der Waals surface area contributed by atoms with Crippen LogP contribution in [0, 0.1) is 5.92 Å². The van der Waals surface area contributed by atoms with Gasteiger partial charge in [0.05, 0.1) is 16.7 Å². The number of rotatable bonds is 2. The van der Waals surface area contributed by atoms with Crippen LogP contribution in [0.1, 0.15) is 18.0 Å². The summed E-state index contributed by atoms with van der Waals surface area (Å²) in [4.78, 5) is 9.03. The lowest BCUT2D eigenvalue weighted by Crippen LogP contribution is -2.02. The fourth-order valence-electron chi connectivity index (χ4n) is 2.02. The molecule has 1 saturated carbocycles. The van der Waals surface area contributed by atoms with Crippen LogP contribution < -0.4 is 5.73 Å². The van der Waals surface area contributed by atoms with Gasteiger partial charge in [0, 0.05) is 12.1 Å². The van der Waals surface area contributed by atoms with Crippen molar-refractivity contribution >= 4 is 11.0 Å². The first-order chi connectivity index (χ1) is 7.38. The standard InChI is InChI=1S/C12H13N3/c13-6-8-5-9(8)12-7-14-10-3-1-2-4-11(10)15-12/h1-4,7-9H,5-6,13H2. The molecule has 3 rings (SSSR count). The third-order valence-corrected chi connectivity index (χ3v) is 3.07. The summed E-state index contributed by atoms with van der Waals surface area (Å²) in [5.41, 5.74) is 8.68. The average Bonchev–Trinajstić information content (AvgIpc) is 3.08. The van der Waals surface area contributed by atoms with Crippen LogP contribution in [0.25, 0.3) is 11.0 Å². The van der Waals surface area contributed by atoms with Crippen molar-refractivity contribution in [1.82, 2.24) is 9.97 Å². The van der Waals surface area contributed by atoms with Gasteiger partial charge in [0.25, 0.3) is 0 Å². The van der Waals surface area contributed by atoms with Crippen LogP contribution in [0.5, 0.6) is 0 Å². The summed E-state index contributed by atoms with van der Waals surface area (Å²) in [5.74, 6) is 1.17. The van der Waals surface area contributed by atoms with E-state index in [0.717, 1.165) is 23.3 Å². The number of para-hydroxylation sites is 2. The maximum absolute atomic E-state index is 5.63. The second-order valence-electron chi connectivity index (χ2n) is 4.12. The molecule has 0 bridgehead atoms. The van der Waals surface area contributed by atoms with Crippen LogP contribution in [0.15, 0.2) is 30.5 Å². The van der Waals surface area contributed by atoms with Gasteiger partial charge in [-0.15, -0.1) is 0 Å². The van der Waals surface area contributed by atoms with E-state index in [2.05, 4.69) is 9.97 Å². The molecule has 0 radical (unpaired) electrons. The maximum atomic E-state index is 5.63. The summed E-state index contributed by atoms with van der Waals surface area (Å²) in [6.45, 7) is 0.763. The molecule has 3 heteroatoms. The SMILES string of the molecule is NCC1CC1c1cnc2ccccc2n1. The van der Waals surface area contributed by atoms with Gasteiger partial charge in [-0.05, 0) is 31.0 Å². The molecule has 76 valence electrons. The van der Waals surface area contributed by atoms with Crippen LogP contribution in [-0.2, 0) is 0 Å². The molecule has 0 aliphatic heterocycles. The normalized spacial score (nSPS) is 24.3. The summed E-state index contributed by atoms with van der Waals surface area (Å²) in [5, 5.41) is 0. The molecule has 3 nitrogen and oxygen atoms in total. The summed E-state index contributed by atoms with van der Waals surface area (Å²) < 4.78 is 0. The van der Waals surface area contributed by atoms with Crippen LogP contribution in [0.4, 0.5) is 0 Å². The quantitative estimate of drug-likeness (QED) is 0.800. The Bertz CT molecular complexity index is 495. The maximum Gasteiger partial charge on any atom is 0.0890 e. The van der Waals surface area contributed by atoms with Crippen LogP contribution in [-0.4, -0.2) is 16.5 Å². The molecule has 0 saturated heterocycles. The van der Waals surface area contributed by atoms with Gasteiger partial charge in [-0.2, -0.15) is 0 Å². The first-order valence-corrected chi connectivity index (χ1v) is 5.30. The second kappa shape index (κ2) is 3.28. The highest BCUT2D eigenvalue weighted by atomic mass is 14.8. The molecule has 15 heavy (non-hydrogen) atoms. The first kappa shape index (κ1) is 8.80. The zero-order valence-electron chi connectivity index (χ0n) is 8.43. The molecule has 2 unspecified atom stereocenters. The van der Waals surface area contributed by atoms with Gasteiger partial charge in [-0.3, -0.25) is 4.98 Å². The van der Waals surface area contributed by atoms with Crippen LogP contribution >= 0.6 is 0 Å². The minimum absolute atomic E-state index is 0.548. The van der Waals surface area contributed by atoms with Crippen molar-refractivity contribution in [2.75, 3.05) is 6.54 Å². The average molecular weight is 199 g/mol. The van der Waals surface area contributed by atoms with E-state index in [1.807, 2.05) is 30.5 Å². The Kier molecular flexibility index (Phi) is 1.92. The Morgan fingerprint density at radius 1 is 1.27 bits per heavy atom. The highest BCUT2D eigenvalue weighted by Gasteiger charge is 2.38. The lowest BCUT2D eigenvalue weighted by Gasteiger charge is -2.00. The number of fused-ring (bicyclic) bond motifs is 1. The van der Waals surface area contributed by atoms with Crippen molar-refractivity contribution in [3.05, 3.63) is 36.2 Å². The van der Waals surface area contributed by atoms with E-state index in [0.29, 0.717) is 11.8 Å². The second-order valence-corrected chi connectivity index (χ2v) is 4.12. The molecular formula is C12H13N3. The molecule has 1 heterocycles. The van der Waals surface area contributed by atoms with Crippen LogP contribution in [0.2, 0.25) is 0 Å². The van der Waals surface area contributed by atoms with Gasteiger partial charge in [-0.1, -0.05) is 12.1 Å². The summed E-state index contributed by atoms with van der Waals surface area (Å²) >= 11 is 0. The highest BCUT2D eigenvalue weighted by molar-refractivity contribution is 5.73. The minimum Gasteiger partial charge on any atom is -0.330 e.